The maximum Gasteiger partial charge on any atom is 0.336 e. The SMILES string of the molecule is Cc1c(-c2ccccc2)nc2ccc(C3CCC3)cc2c1C(=O)O. The van der Waals surface area contributed by atoms with Gasteiger partial charge in [0.05, 0.1) is 16.8 Å². The third-order valence-corrected chi connectivity index (χ3v) is 5.09. The highest BCUT2D eigenvalue weighted by Crippen LogP contribution is 2.38. The predicted molar refractivity (Wildman–Crippen MR) is 95.5 cm³/mol. The molecule has 1 N–H and O–H groups in total. The van der Waals surface area contributed by atoms with Crippen LogP contribution in [-0.4, -0.2) is 16.1 Å². The largest absolute Gasteiger partial charge is 0.478 e. The van der Waals surface area contributed by atoms with E-state index >= 15 is 0 Å². The molecule has 0 atom stereocenters. The Labute approximate surface area is 141 Å². The van der Waals surface area contributed by atoms with Crippen LogP contribution in [0.4, 0.5) is 0 Å². The smallest absolute Gasteiger partial charge is 0.336 e. The molecule has 0 amide bonds. The van der Waals surface area contributed by atoms with E-state index in [9.17, 15) is 9.90 Å². The zero-order valence-electron chi connectivity index (χ0n) is 13.6. The Hall–Kier alpha value is -2.68. The Morgan fingerprint density at radius 2 is 1.88 bits per heavy atom. The van der Waals surface area contributed by atoms with Crippen molar-refractivity contribution in [2.24, 2.45) is 0 Å². The number of aromatic nitrogens is 1. The van der Waals surface area contributed by atoms with Gasteiger partial charge >= 0.3 is 5.97 Å². The summed E-state index contributed by atoms with van der Waals surface area (Å²) in [6, 6.07) is 15.9. The number of carbonyl (C=O) groups is 1. The maximum atomic E-state index is 12.0. The summed E-state index contributed by atoms with van der Waals surface area (Å²) >= 11 is 0. The highest BCUT2D eigenvalue weighted by molar-refractivity contribution is 6.05. The molecule has 1 heterocycles. The van der Waals surface area contributed by atoms with Crippen molar-refractivity contribution in [2.45, 2.75) is 32.1 Å². The van der Waals surface area contributed by atoms with Crippen LogP contribution in [0.15, 0.2) is 48.5 Å². The molecule has 24 heavy (non-hydrogen) atoms. The lowest BCUT2D eigenvalue weighted by molar-refractivity contribution is 0.0698. The van der Waals surface area contributed by atoms with Gasteiger partial charge < -0.3 is 5.11 Å². The number of aromatic carboxylic acids is 1. The predicted octanol–water partition coefficient (Wildman–Crippen LogP) is 5.18. The zero-order chi connectivity index (χ0) is 16.7. The van der Waals surface area contributed by atoms with Crippen LogP contribution >= 0.6 is 0 Å². The first kappa shape index (κ1) is 14.9. The second-order valence-electron chi connectivity index (χ2n) is 6.54. The molecular formula is C21H19NO2. The Kier molecular flexibility index (Phi) is 3.57. The molecule has 2 aromatic carbocycles. The van der Waals surface area contributed by atoms with Crippen molar-refractivity contribution in [2.75, 3.05) is 0 Å². The first-order valence-corrected chi connectivity index (χ1v) is 8.38. The van der Waals surface area contributed by atoms with Crippen molar-refractivity contribution in [3.8, 4) is 11.3 Å². The van der Waals surface area contributed by atoms with E-state index in [1.165, 1.54) is 24.8 Å². The second-order valence-corrected chi connectivity index (χ2v) is 6.54. The fourth-order valence-corrected chi connectivity index (χ4v) is 3.52. The Balaban J connectivity index is 1.98. The normalized spacial score (nSPS) is 14.5. The molecule has 1 aliphatic carbocycles. The van der Waals surface area contributed by atoms with E-state index < -0.39 is 5.97 Å². The first-order chi connectivity index (χ1) is 11.6. The number of nitrogens with zero attached hydrogens (tertiary/aromatic N) is 1. The highest BCUT2D eigenvalue weighted by Gasteiger charge is 2.22. The highest BCUT2D eigenvalue weighted by atomic mass is 16.4. The molecule has 3 aromatic rings. The minimum atomic E-state index is -0.886. The lowest BCUT2D eigenvalue weighted by Crippen LogP contribution is -2.10. The van der Waals surface area contributed by atoms with Crippen LogP contribution in [0, 0.1) is 6.92 Å². The molecular weight excluding hydrogens is 298 g/mol. The summed E-state index contributed by atoms with van der Waals surface area (Å²) in [5, 5.41) is 10.6. The minimum Gasteiger partial charge on any atom is -0.478 e. The summed E-state index contributed by atoms with van der Waals surface area (Å²) in [6.07, 6.45) is 3.66. The second kappa shape index (κ2) is 5.75. The average Bonchev–Trinajstić information content (AvgIpc) is 2.53. The van der Waals surface area contributed by atoms with Crippen LogP contribution in [0.1, 0.15) is 46.7 Å². The molecule has 4 rings (SSSR count). The van der Waals surface area contributed by atoms with E-state index in [0.29, 0.717) is 11.5 Å². The molecule has 3 nitrogen and oxygen atoms in total. The van der Waals surface area contributed by atoms with E-state index in [2.05, 4.69) is 6.07 Å². The average molecular weight is 317 g/mol. The van der Waals surface area contributed by atoms with Gasteiger partial charge in [0, 0.05) is 10.9 Å². The lowest BCUT2D eigenvalue weighted by Gasteiger charge is -2.26. The number of fused-ring (bicyclic) bond motifs is 1. The number of pyridine rings is 1. The zero-order valence-corrected chi connectivity index (χ0v) is 13.6. The number of hydrogen-bond donors (Lipinski definition) is 1. The molecule has 0 bridgehead atoms. The number of hydrogen-bond acceptors (Lipinski definition) is 2. The van der Waals surface area contributed by atoms with Gasteiger partial charge in [0.1, 0.15) is 0 Å². The molecule has 0 unspecified atom stereocenters. The molecule has 1 saturated carbocycles. The monoisotopic (exact) mass is 317 g/mol. The molecule has 0 aliphatic heterocycles. The molecule has 0 saturated heterocycles. The maximum absolute atomic E-state index is 12.0. The van der Waals surface area contributed by atoms with Crippen LogP contribution in [0.3, 0.4) is 0 Å². The van der Waals surface area contributed by atoms with Crippen LogP contribution in [0.5, 0.6) is 0 Å². The lowest BCUT2D eigenvalue weighted by atomic mass is 9.79. The van der Waals surface area contributed by atoms with E-state index in [-0.39, 0.29) is 0 Å². The van der Waals surface area contributed by atoms with Gasteiger partial charge in [-0.1, -0.05) is 42.8 Å². The van der Waals surface area contributed by atoms with Gasteiger partial charge in [-0.15, -0.1) is 0 Å². The van der Waals surface area contributed by atoms with Crippen LogP contribution in [-0.2, 0) is 0 Å². The quantitative estimate of drug-likeness (QED) is 0.724. The summed E-state index contributed by atoms with van der Waals surface area (Å²) < 4.78 is 0. The third-order valence-electron chi connectivity index (χ3n) is 5.09. The first-order valence-electron chi connectivity index (χ1n) is 8.38. The number of rotatable bonds is 3. The van der Waals surface area contributed by atoms with Crippen LogP contribution < -0.4 is 0 Å². The summed E-state index contributed by atoms with van der Waals surface area (Å²) in [4.78, 5) is 16.7. The van der Waals surface area contributed by atoms with Gasteiger partial charge in [0.15, 0.2) is 0 Å². The molecule has 0 spiro atoms. The summed E-state index contributed by atoms with van der Waals surface area (Å²) in [7, 11) is 0. The number of benzene rings is 2. The third kappa shape index (κ3) is 2.37. The molecule has 0 radical (unpaired) electrons. The number of carboxylic acids is 1. The molecule has 1 aromatic heterocycles. The Bertz CT molecular complexity index is 927. The van der Waals surface area contributed by atoms with Crippen LogP contribution in [0.25, 0.3) is 22.2 Å². The number of carboxylic acid groups (broad SMARTS) is 1. The summed E-state index contributed by atoms with van der Waals surface area (Å²) in [5.41, 5.74) is 4.79. The fourth-order valence-electron chi connectivity index (χ4n) is 3.52. The van der Waals surface area contributed by atoms with Crippen molar-refractivity contribution in [3.05, 3.63) is 65.2 Å². The van der Waals surface area contributed by atoms with Gasteiger partial charge in [-0.2, -0.15) is 0 Å². The van der Waals surface area contributed by atoms with Gasteiger partial charge in [-0.25, -0.2) is 9.78 Å². The topological polar surface area (TPSA) is 50.2 Å². The van der Waals surface area contributed by atoms with Gasteiger partial charge in [0.25, 0.3) is 0 Å². The van der Waals surface area contributed by atoms with E-state index in [4.69, 9.17) is 4.98 Å². The van der Waals surface area contributed by atoms with Gasteiger partial charge in [0.2, 0.25) is 0 Å². The Morgan fingerprint density at radius 1 is 1.12 bits per heavy atom. The molecule has 3 heteroatoms. The molecule has 1 aliphatic rings. The standard InChI is InChI=1S/C21H19NO2/c1-13-19(21(23)24)17-12-16(14-8-5-9-14)10-11-18(17)22-20(13)15-6-3-2-4-7-15/h2-4,6-7,10-12,14H,5,8-9H2,1H3,(H,23,24). The van der Waals surface area contributed by atoms with Crippen molar-refractivity contribution in [3.63, 3.8) is 0 Å². The summed E-state index contributed by atoms with van der Waals surface area (Å²) in [6.45, 7) is 1.86. The van der Waals surface area contributed by atoms with Crippen LogP contribution in [0.2, 0.25) is 0 Å². The van der Waals surface area contributed by atoms with Crippen molar-refractivity contribution < 1.29 is 9.90 Å². The van der Waals surface area contributed by atoms with Gasteiger partial charge in [-0.05, 0) is 48.9 Å². The fraction of sp³-hybridized carbons (Fsp3) is 0.238. The van der Waals surface area contributed by atoms with Gasteiger partial charge in [-0.3, -0.25) is 0 Å². The Morgan fingerprint density at radius 3 is 2.50 bits per heavy atom. The van der Waals surface area contributed by atoms with Crippen molar-refractivity contribution in [1.82, 2.24) is 4.98 Å². The van der Waals surface area contributed by atoms with Crippen molar-refractivity contribution >= 4 is 16.9 Å². The summed E-state index contributed by atoms with van der Waals surface area (Å²) in [5.74, 6) is -0.312. The van der Waals surface area contributed by atoms with E-state index in [1.54, 1.807) is 0 Å². The van der Waals surface area contributed by atoms with E-state index in [1.807, 2.05) is 49.4 Å². The molecule has 120 valence electrons. The minimum absolute atomic E-state index is 0.375. The molecule has 1 fully saturated rings. The van der Waals surface area contributed by atoms with Crippen molar-refractivity contribution in [1.29, 1.82) is 0 Å². The van der Waals surface area contributed by atoms with E-state index in [0.717, 1.165) is 27.7 Å².